The molecule has 28 heavy (non-hydrogen) atoms. The van der Waals surface area contributed by atoms with E-state index in [1.54, 1.807) is 12.1 Å². The number of aryl methyl sites for hydroxylation is 2. The third-order valence-corrected chi connectivity index (χ3v) is 6.30. The molecule has 0 aliphatic rings. The Bertz CT molecular complexity index is 1220. The van der Waals surface area contributed by atoms with E-state index in [2.05, 4.69) is 15.5 Å². The molecule has 0 amide bonds. The predicted octanol–water partition coefficient (Wildman–Crippen LogP) is 5.44. The number of fused-ring (bicyclic) bond motifs is 1. The SMILES string of the molecule is Cc1cc2oc(=O)cc(CSc3nnc(Nc4cccc(F)c4)s3)c2cc1C. The highest BCUT2D eigenvalue weighted by Crippen LogP contribution is 2.32. The molecular weight excluding hydrogens is 397 g/mol. The molecule has 142 valence electrons. The van der Waals surface area contributed by atoms with Crippen molar-refractivity contribution < 1.29 is 8.81 Å². The lowest BCUT2D eigenvalue weighted by atomic mass is 10.0. The van der Waals surface area contributed by atoms with Crippen LogP contribution >= 0.6 is 23.1 Å². The number of thioether (sulfide) groups is 1. The molecule has 0 unspecified atom stereocenters. The highest BCUT2D eigenvalue weighted by molar-refractivity contribution is 8.00. The lowest BCUT2D eigenvalue weighted by Gasteiger charge is -2.07. The summed E-state index contributed by atoms with van der Waals surface area (Å²) in [4.78, 5) is 11.9. The Kier molecular flexibility index (Phi) is 5.15. The summed E-state index contributed by atoms with van der Waals surface area (Å²) in [5.74, 6) is 0.253. The van der Waals surface area contributed by atoms with Gasteiger partial charge >= 0.3 is 5.63 Å². The first kappa shape index (κ1) is 18.6. The summed E-state index contributed by atoms with van der Waals surface area (Å²) in [6, 6.07) is 11.6. The van der Waals surface area contributed by atoms with E-state index in [-0.39, 0.29) is 11.4 Å². The fraction of sp³-hybridized carbons (Fsp3) is 0.150. The molecule has 0 fully saturated rings. The van der Waals surface area contributed by atoms with E-state index in [1.165, 1.54) is 41.3 Å². The summed E-state index contributed by atoms with van der Waals surface area (Å²) in [7, 11) is 0. The maximum Gasteiger partial charge on any atom is 0.336 e. The molecule has 8 heteroatoms. The van der Waals surface area contributed by atoms with Crippen molar-refractivity contribution in [2.24, 2.45) is 0 Å². The van der Waals surface area contributed by atoms with Crippen molar-refractivity contribution in [2.75, 3.05) is 5.32 Å². The predicted molar refractivity (Wildman–Crippen MR) is 111 cm³/mol. The Balaban J connectivity index is 1.53. The van der Waals surface area contributed by atoms with Crippen molar-refractivity contribution in [1.29, 1.82) is 0 Å². The van der Waals surface area contributed by atoms with Gasteiger partial charge < -0.3 is 9.73 Å². The van der Waals surface area contributed by atoms with Gasteiger partial charge in [-0.2, -0.15) is 0 Å². The minimum Gasteiger partial charge on any atom is -0.423 e. The monoisotopic (exact) mass is 413 g/mol. The summed E-state index contributed by atoms with van der Waals surface area (Å²) in [5, 5.41) is 12.8. The number of rotatable bonds is 5. The Morgan fingerprint density at radius 1 is 1.14 bits per heavy atom. The number of nitrogens with one attached hydrogen (secondary N) is 1. The highest BCUT2D eigenvalue weighted by atomic mass is 32.2. The maximum absolute atomic E-state index is 13.3. The van der Waals surface area contributed by atoms with E-state index in [9.17, 15) is 9.18 Å². The summed E-state index contributed by atoms with van der Waals surface area (Å²) >= 11 is 2.87. The third kappa shape index (κ3) is 4.07. The van der Waals surface area contributed by atoms with Crippen LogP contribution in [-0.2, 0) is 5.75 Å². The van der Waals surface area contributed by atoms with Crippen LogP contribution in [0.1, 0.15) is 16.7 Å². The average molecular weight is 413 g/mol. The summed E-state index contributed by atoms with van der Waals surface area (Å²) in [5.41, 5.74) is 3.97. The maximum atomic E-state index is 13.3. The molecule has 0 radical (unpaired) electrons. The molecule has 5 nitrogen and oxygen atoms in total. The molecule has 1 N–H and O–H groups in total. The van der Waals surface area contributed by atoms with E-state index >= 15 is 0 Å². The second-order valence-electron chi connectivity index (χ2n) is 6.32. The van der Waals surface area contributed by atoms with Gasteiger partial charge in [-0.25, -0.2) is 9.18 Å². The third-order valence-electron chi connectivity index (χ3n) is 4.28. The average Bonchev–Trinajstić information content (AvgIpc) is 3.08. The van der Waals surface area contributed by atoms with Gasteiger partial charge in [-0.1, -0.05) is 29.2 Å². The molecule has 0 atom stereocenters. The number of nitrogens with zero attached hydrogens (tertiary/aromatic N) is 2. The molecular formula is C20H16FN3O2S2. The first-order valence-corrected chi connectivity index (χ1v) is 10.3. The van der Waals surface area contributed by atoms with E-state index < -0.39 is 0 Å². The summed E-state index contributed by atoms with van der Waals surface area (Å²) in [6.07, 6.45) is 0. The molecule has 4 rings (SSSR count). The number of anilines is 2. The first-order chi connectivity index (χ1) is 13.5. The number of benzene rings is 2. The van der Waals surface area contributed by atoms with E-state index in [4.69, 9.17) is 4.42 Å². The minimum absolute atomic E-state index is 0.315. The lowest BCUT2D eigenvalue weighted by Crippen LogP contribution is -2.00. The van der Waals surface area contributed by atoms with Gasteiger partial charge in [-0.05, 0) is 60.9 Å². The lowest BCUT2D eigenvalue weighted by molar-refractivity contribution is 0.559. The van der Waals surface area contributed by atoms with Crippen molar-refractivity contribution >= 4 is 44.9 Å². The van der Waals surface area contributed by atoms with Crippen LogP contribution in [0.3, 0.4) is 0 Å². The van der Waals surface area contributed by atoms with Gasteiger partial charge in [0.05, 0.1) is 0 Å². The van der Waals surface area contributed by atoms with Crippen molar-refractivity contribution in [3.8, 4) is 0 Å². The molecule has 2 aromatic carbocycles. The van der Waals surface area contributed by atoms with Crippen molar-refractivity contribution in [3.05, 3.63) is 75.4 Å². The Hall–Kier alpha value is -2.71. The molecule has 4 aromatic rings. The van der Waals surface area contributed by atoms with Gasteiger partial charge in [-0.15, -0.1) is 10.2 Å². The quantitative estimate of drug-likeness (QED) is 0.347. The van der Waals surface area contributed by atoms with Gasteiger partial charge in [0, 0.05) is 22.9 Å². The second kappa shape index (κ2) is 7.73. The van der Waals surface area contributed by atoms with Crippen molar-refractivity contribution in [2.45, 2.75) is 23.9 Å². The summed E-state index contributed by atoms with van der Waals surface area (Å²) < 4.78 is 19.4. The first-order valence-electron chi connectivity index (χ1n) is 8.51. The van der Waals surface area contributed by atoms with Gasteiger partial charge in [-0.3, -0.25) is 0 Å². The second-order valence-corrected chi connectivity index (χ2v) is 8.52. The van der Waals surface area contributed by atoms with Crippen molar-refractivity contribution in [1.82, 2.24) is 10.2 Å². The smallest absolute Gasteiger partial charge is 0.336 e. The van der Waals surface area contributed by atoms with Crippen LogP contribution in [0.5, 0.6) is 0 Å². The van der Waals surface area contributed by atoms with Crippen LogP contribution in [-0.4, -0.2) is 10.2 Å². The standard InChI is InChI=1S/C20H16FN3O2S2/c1-11-6-16-13(8-18(25)26-17(16)7-12(11)2)10-27-20-24-23-19(28-20)22-15-5-3-4-14(21)9-15/h3-9H,10H2,1-2H3,(H,22,23). The molecule has 0 saturated carbocycles. The highest BCUT2D eigenvalue weighted by Gasteiger charge is 2.11. The normalized spacial score (nSPS) is 11.1. The fourth-order valence-corrected chi connectivity index (χ4v) is 4.51. The molecule has 0 saturated heterocycles. The number of hydrogen-bond donors (Lipinski definition) is 1. The largest absolute Gasteiger partial charge is 0.423 e. The minimum atomic E-state index is -0.364. The molecule has 0 bridgehead atoms. The van der Waals surface area contributed by atoms with Gasteiger partial charge in [0.2, 0.25) is 5.13 Å². The number of aromatic nitrogens is 2. The molecule has 0 aliphatic heterocycles. The zero-order chi connectivity index (χ0) is 19.7. The zero-order valence-corrected chi connectivity index (χ0v) is 16.8. The molecule has 2 heterocycles. The topological polar surface area (TPSA) is 68.0 Å². The fourth-order valence-electron chi connectivity index (χ4n) is 2.75. The van der Waals surface area contributed by atoms with Gasteiger partial charge in [0.15, 0.2) is 4.34 Å². The molecule has 2 aromatic heterocycles. The molecule has 0 aliphatic carbocycles. The number of halogens is 1. The van der Waals surface area contributed by atoms with E-state index in [1.807, 2.05) is 26.0 Å². The van der Waals surface area contributed by atoms with Crippen molar-refractivity contribution in [3.63, 3.8) is 0 Å². The van der Waals surface area contributed by atoms with Crippen LogP contribution in [0.4, 0.5) is 15.2 Å². The van der Waals surface area contributed by atoms with Crippen LogP contribution < -0.4 is 10.9 Å². The Morgan fingerprint density at radius 3 is 2.79 bits per heavy atom. The summed E-state index contributed by atoms with van der Waals surface area (Å²) in [6.45, 7) is 4.02. The van der Waals surface area contributed by atoms with Gasteiger partial charge in [0.25, 0.3) is 0 Å². The van der Waals surface area contributed by atoms with Crippen LogP contribution in [0.15, 0.2) is 56.0 Å². The van der Waals surface area contributed by atoms with E-state index in [0.717, 1.165) is 26.4 Å². The van der Waals surface area contributed by atoms with Crippen LogP contribution in [0.2, 0.25) is 0 Å². The molecule has 0 spiro atoms. The Morgan fingerprint density at radius 2 is 1.96 bits per heavy atom. The van der Waals surface area contributed by atoms with Crippen LogP contribution in [0, 0.1) is 19.7 Å². The number of hydrogen-bond acceptors (Lipinski definition) is 7. The van der Waals surface area contributed by atoms with E-state index in [0.29, 0.717) is 22.2 Å². The zero-order valence-electron chi connectivity index (χ0n) is 15.2. The Labute approximate surface area is 168 Å². The van der Waals surface area contributed by atoms with Crippen LogP contribution in [0.25, 0.3) is 11.0 Å². The van der Waals surface area contributed by atoms with Gasteiger partial charge in [0.1, 0.15) is 11.4 Å².